The number of aliphatic imine (C=N–C) groups is 1. The maximum absolute atomic E-state index is 12.0. The molecule has 0 aromatic heterocycles. The van der Waals surface area contributed by atoms with Gasteiger partial charge in [-0.05, 0) is 27.2 Å². The van der Waals surface area contributed by atoms with E-state index in [1.54, 1.807) is 4.90 Å². The minimum absolute atomic E-state index is 0. The third kappa shape index (κ3) is 8.05. The summed E-state index contributed by atoms with van der Waals surface area (Å²) >= 11 is 0. The predicted molar refractivity (Wildman–Crippen MR) is 101 cm³/mol. The van der Waals surface area contributed by atoms with Crippen LogP contribution >= 0.6 is 24.0 Å². The molecule has 0 aromatic carbocycles. The molecule has 1 aliphatic heterocycles. The van der Waals surface area contributed by atoms with E-state index in [0.29, 0.717) is 32.1 Å². The van der Waals surface area contributed by atoms with Gasteiger partial charge in [0.25, 0.3) is 0 Å². The first-order valence-electron chi connectivity index (χ1n) is 7.86. The molecule has 1 heterocycles. The van der Waals surface area contributed by atoms with Gasteiger partial charge < -0.3 is 20.3 Å². The van der Waals surface area contributed by atoms with E-state index in [1.165, 1.54) is 12.8 Å². The number of rotatable bonds is 4. The van der Waals surface area contributed by atoms with Crippen LogP contribution in [0.4, 0.5) is 4.79 Å². The van der Waals surface area contributed by atoms with Gasteiger partial charge in [0.15, 0.2) is 5.96 Å². The SMILES string of the molecule is CCCCCN=C(N)N1CCN(C(=O)OC(C)(C)C)CC1.I. The molecule has 0 aliphatic carbocycles. The molecule has 1 rings (SSSR count). The van der Waals surface area contributed by atoms with Gasteiger partial charge in [0.05, 0.1) is 0 Å². The Morgan fingerprint density at radius 2 is 1.68 bits per heavy atom. The minimum atomic E-state index is -0.450. The molecule has 0 spiro atoms. The molecule has 0 aromatic rings. The highest BCUT2D eigenvalue weighted by molar-refractivity contribution is 14.0. The number of hydrogen-bond donors (Lipinski definition) is 1. The zero-order valence-corrected chi connectivity index (χ0v) is 16.6. The fourth-order valence-electron chi connectivity index (χ4n) is 2.10. The van der Waals surface area contributed by atoms with Crippen molar-refractivity contribution in [3.63, 3.8) is 0 Å². The third-order valence-electron chi connectivity index (χ3n) is 3.29. The predicted octanol–water partition coefficient (Wildman–Crippen LogP) is 2.66. The van der Waals surface area contributed by atoms with Crippen molar-refractivity contribution in [1.82, 2.24) is 9.80 Å². The van der Waals surface area contributed by atoms with Gasteiger partial charge in [0, 0.05) is 32.7 Å². The van der Waals surface area contributed by atoms with Gasteiger partial charge >= 0.3 is 6.09 Å². The quantitative estimate of drug-likeness (QED) is 0.325. The number of amides is 1. The average Bonchev–Trinajstić information content (AvgIpc) is 2.41. The van der Waals surface area contributed by atoms with Crippen LogP contribution in [0.25, 0.3) is 0 Å². The van der Waals surface area contributed by atoms with Crippen molar-refractivity contribution in [3.8, 4) is 0 Å². The van der Waals surface area contributed by atoms with Crippen molar-refractivity contribution in [2.45, 2.75) is 52.6 Å². The highest BCUT2D eigenvalue weighted by atomic mass is 127. The number of nitrogens with two attached hydrogens (primary N) is 1. The number of nitrogens with zero attached hydrogens (tertiary/aromatic N) is 3. The van der Waals surface area contributed by atoms with Crippen LogP contribution in [0.3, 0.4) is 0 Å². The van der Waals surface area contributed by atoms with E-state index in [4.69, 9.17) is 10.5 Å². The van der Waals surface area contributed by atoms with Crippen molar-refractivity contribution in [3.05, 3.63) is 0 Å². The van der Waals surface area contributed by atoms with Crippen LogP contribution in [0.5, 0.6) is 0 Å². The van der Waals surface area contributed by atoms with Crippen molar-refractivity contribution < 1.29 is 9.53 Å². The molecule has 0 unspecified atom stereocenters. The molecule has 2 N–H and O–H groups in total. The largest absolute Gasteiger partial charge is 0.444 e. The fourth-order valence-corrected chi connectivity index (χ4v) is 2.10. The van der Waals surface area contributed by atoms with Crippen LogP contribution < -0.4 is 5.73 Å². The van der Waals surface area contributed by atoms with Crippen LogP contribution in [0, 0.1) is 0 Å². The summed E-state index contributed by atoms with van der Waals surface area (Å²) in [4.78, 5) is 20.1. The number of carbonyl (C=O) groups is 1. The molecule has 1 aliphatic rings. The molecule has 0 saturated carbocycles. The van der Waals surface area contributed by atoms with E-state index < -0.39 is 5.60 Å². The molecule has 6 nitrogen and oxygen atoms in total. The Hall–Kier alpha value is -0.730. The second kappa shape index (κ2) is 10.1. The lowest BCUT2D eigenvalue weighted by molar-refractivity contribution is 0.0186. The van der Waals surface area contributed by atoms with Gasteiger partial charge in [0.2, 0.25) is 0 Å². The first-order chi connectivity index (χ1) is 9.83. The Balaban J connectivity index is 0.00000441. The Morgan fingerprint density at radius 3 is 2.18 bits per heavy atom. The molecule has 22 heavy (non-hydrogen) atoms. The summed E-state index contributed by atoms with van der Waals surface area (Å²) in [6.45, 7) is 11.3. The summed E-state index contributed by atoms with van der Waals surface area (Å²) < 4.78 is 5.37. The van der Waals surface area contributed by atoms with Crippen LogP contribution in [0.1, 0.15) is 47.0 Å². The maximum atomic E-state index is 12.0. The molecule has 7 heteroatoms. The Morgan fingerprint density at radius 1 is 1.14 bits per heavy atom. The van der Waals surface area contributed by atoms with Crippen molar-refractivity contribution >= 4 is 36.0 Å². The smallest absolute Gasteiger partial charge is 0.410 e. The van der Waals surface area contributed by atoms with Crippen LogP contribution in [-0.4, -0.2) is 60.2 Å². The Kier molecular flexibility index (Phi) is 9.79. The number of carbonyl (C=O) groups excluding carboxylic acids is 1. The first-order valence-corrected chi connectivity index (χ1v) is 7.86. The molecule has 0 radical (unpaired) electrons. The van der Waals surface area contributed by atoms with Crippen molar-refractivity contribution in [2.75, 3.05) is 32.7 Å². The lowest BCUT2D eigenvalue weighted by Crippen LogP contribution is -2.53. The zero-order chi connectivity index (χ0) is 15.9. The van der Waals surface area contributed by atoms with E-state index in [9.17, 15) is 4.79 Å². The maximum Gasteiger partial charge on any atom is 0.410 e. The average molecular weight is 426 g/mol. The number of piperazine rings is 1. The molecule has 1 saturated heterocycles. The molecular formula is C15H31IN4O2. The van der Waals surface area contributed by atoms with E-state index in [1.807, 2.05) is 25.7 Å². The summed E-state index contributed by atoms with van der Waals surface area (Å²) in [5.41, 5.74) is 5.54. The van der Waals surface area contributed by atoms with Gasteiger partial charge in [-0.15, -0.1) is 24.0 Å². The molecular weight excluding hydrogens is 395 g/mol. The number of guanidine groups is 1. The lowest BCUT2D eigenvalue weighted by Gasteiger charge is -2.36. The summed E-state index contributed by atoms with van der Waals surface area (Å²) in [6.07, 6.45) is 3.20. The zero-order valence-electron chi connectivity index (χ0n) is 14.3. The lowest BCUT2D eigenvalue weighted by atomic mass is 10.2. The standard InChI is InChI=1S/C15H30N4O2.HI/c1-5-6-7-8-17-13(16)18-9-11-19(12-10-18)14(20)21-15(2,3)4;/h5-12H2,1-4H3,(H2,16,17);1H. The van der Waals surface area contributed by atoms with Crippen molar-refractivity contribution in [2.24, 2.45) is 10.7 Å². The van der Waals surface area contributed by atoms with Crippen LogP contribution in [-0.2, 0) is 4.74 Å². The Labute approximate surface area is 151 Å². The van der Waals surface area contributed by atoms with Crippen molar-refractivity contribution in [1.29, 1.82) is 0 Å². The van der Waals surface area contributed by atoms with Crippen LogP contribution in [0.2, 0.25) is 0 Å². The monoisotopic (exact) mass is 426 g/mol. The fraction of sp³-hybridized carbons (Fsp3) is 0.867. The van der Waals surface area contributed by atoms with Gasteiger partial charge in [-0.2, -0.15) is 0 Å². The summed E-state index contributed by atoms with van der Waals surface area (Å²) in [7, 11) is 0. The highest BCUT2D eigenvalue weighted by Crippen LogP contribution is 2.11. The third-order valence-corrected chi connectivity index (χ3v) is 3.29. The topological polar surface area (TPSA) is 71.2 Å². The molecule has 0 bridgehead atoms. The number of hydrogen-bond acceptors (Lipinski definition) is 3. The second-order valence-electron chi connectivity index (χ2n) is 6.40. The van der Waals surface area contributed by atoms with Gasteiger partial charge in [-0.3, -0.25) is 4.99 Å². The normalized spacial score (nSPS) is 16.3. The van der Waals surface area contributed by atoms with Crippen LogP contribution in [0.15, 0.2) is 4.99 Å². The summed E-state index contributed by atoms with van der Waals surface area (Å²) in [5.74, 6) is 0.593. The molecule has 1 amide bonds. The van der Waals surface area contributed by atoms with Gasteiger partial charge in [-0.1, -0.05) is 19.8 Å². The van der Waals surface area contributed by atoms with E-state index in [0.717, 1.165) is 13.0 Å². The number of unbranched alkanes of at least 4 members (excludes halogenated alkanes) is 2. The van der Waals surface area contributed by atoms with E-state index >= 15 is 0 Å². The first kappa shape index (κ1) is 21.3. The Bertz CT molecular complexity index is 361. The number of ether oxygens (including phenoxy) is 1. The summed E-state index contributed by atoms with van der Waals surface area (Å²) in [6, 6.07) is 0. The van der Waals surface area contributed by atoms with E-state index in [2.05, 4.69) is 11.9 Å². The molecule has 1 fully saturated rings. The highest BCUT2D eigenvalue weighted by Gasteiger charge is 2.26. The molecule has 0 atom stereocenters. The summed E-state index contributed by atoms with van der Waals surface area (Å²) in [5, 5.41) is 0. The number of halogens is 1. The van der Waals surface area contributed by atoms with Gasteiger partial charge in [-0.25, -0.2) is 4.79 Å². The van der Waals surface area contributed by atoms with Gasteiger partial charge in [0.1, 0.15) is 5.60 Å². The second-order valence-corrected chi connectivity index (χ2v) is 6.40. The molecule has 130 valence electrons. The minimum Gasteiger partial charge on any atom is -0.444 e. The van der Waals surface area contributed by atoms with E-state index in [-0.39, 0.29) is 30.1 Å².